The van der Waals surface area contributed by atoms with Crippen LogP contribution in [0.1, 0.15) is 45.4 Å². The molecular formula is C12H24N2. The van der Waals surface area contributed by atoms with Crippen molar-refractivity contribution in [1.29, 1.82) is 0 Å². The lowest BCUT2D eigenvalue weighted by atomic mass is 9.74. The van der Waals surface area contributed by atoms with Crippen LogP contribution in [0.2, 0.25) is 0 Å². The first-order chi connectivity index (χ1) is 6.80. The first-order valence-corrected chi connectivity index (χ1v) is 6.26. The van der Waals surface area contributed by atoms with Gasteiger partial charge in [0.15, 0.2) is 0 Å². The minimum atomic E-state index is 0.407. The molecule has 2 aliphatic rings. The van der Waals surface area contributed by atoms with E-state index in [0.717, 1.165) is 12.5 Å². The number of hydrogen-bond donors (Lipinski definition) is 1. The quantitative estimate of drug-likeness (QED) is 0.728. The molecular weight excluding hydrogens is 172 g/mol. The van der Waals surface area contributed by atoms with E-state index in [1.807, 2.05) is 0 Å². The number of nitrogens with zero attached hydrogens (tertiary/aromatic N) is 1. The number of nitrogens with two attached hydrogens (primary N) is 1. The standard InChI is InChI=1S/C12H24N2/c1-2-14(9-11-5-3-6-11)12(10-13)7-4-8-12/h11H,2-10,13H2,1H3. The van der Waals surface area contributed by atoms with Gasteiger partial charge in [-0.25, -0.2) is 0 Å². The van der Waals surface area contributed by atoms with Crippen molar-refractivity contribution in [3.05, 3.63) is 0 Å². The Bertz CT molecular complexity index is 177. The van der Waals surface area contributed by atoms with Gasteiger partial charge >= 0.3 is 0 Å². The second kappa shape index (κ2) is 4.19. The Morgan fingerprint density at radius 1 is 1.29 bits per heavy atom. The summed E-state index contributed by atoms with van der Waals surface area (Å²) in [5.41, 5.74) is 6.35. The van der Waals surface area contributed by atoms with Gasteiger partial charge in [0.25, 0.3) is 0 Å². The Labute approximate surface area is 87.8 Å². The van der Waals surface area contributed by atoms with Gasteiger partial charge in [-0.2, -0.15) is 0 Å². The predicted molar refractivity (Wildman–Crippen MR) is 60.2 cm³/mol. The highest BCUT2D eigenvalue weighted by molar-refractivity contribution is 4.99. The second-order valence-corrected chi connectivity index (χ2v) is 5.12. The highest BCUT2D eigenvalue weighted by Gasteiger charge is 2.41. The van der Waals surface area contributed by atoms with Gasteiger partial charge in [-0.3, -0.25) is 4.90 Å². The molecule has 0 aromatic rings. The molecule has 0 atom stereocenters. The average molecular weight is 196 g/mol. The second-order valence-electron chi connectivity index (χ2n) is 5.12. The van der Waals surface area contributed by atoms with E-state index in [0.29, 0.717) is 5.54 Å². The first kappa shape index (κ1) is 10.4. The summed E-state index contributed by atoms with van der Waals surface area (Å²) in [7, 11) is 0. The molecule has 2 N–H and O–H groups in total. The van der Waals surface area contributed by atoms with Crippen molar-refractivity contribution in [2.45, 2.75) is 51.0 Å². The van der Waals surface area contributed by atoms with Crippen LogP contribution >= 0.6 is 0 Å². The Morgan fingerprint density at radius 2 is 2.00 bits per heavy atom. The van der Waals surface area contributed by atoms with Crippen LogP contribution in [0.3, 0.4) is 0 Å². The van der Waals surface area contributed by atoms with E-state index in [-0.39, 0.29) is 0 Å². The molecule has 2 nitrogen and oxygen atoms in total. The van der Waals surface area contributed by atoms with Gasteiger partial charge in [0.1, 0.15) is 0 Å². The van der Waals surface area contributed by atoms with Crippen molar-refractivity contribution in [3.8, 4) is 0 Å². The summed E-state index contributed by atoms with van der Waals surface area (Å²) < 4.78 is 0. The number of rotatable bonds is 5. The van der Waals surface area contributed by atoms with Crippen LogP contribution in [0.25, 0.3) is 0 Å². The van der Waals surface area contributed by atoms with Crippen molar-refractivity contribution in [1.82, 2.24) is 4.90 Å². The molecule has 0 heterocycles. The summed E-state index contributed by atoms with van der Waals surface area (Å²) in [6.45, 7) is 5.66. The maximum absolute atomic E-state index is 5.94. The van der Waals surface area contributed by atoms with E-state index in [1.165, 1.54) is 51.6 Å². The minimum Gasteiger partial charge on any atom is -0.329 e. The van der Waals surface area contributed by atoms with Crippen LogP contribution in [-0.2, 0) is 0 Å². The SMILES string of the molecule is CCN(CC1CCC1)C1(CN)CCC1. The fourth-order valence-electron chi connectivity index (χ4n) is 2.88. The fraction of sp³-hybridized carbons (Fsp3) is 1.00. The summed E-state index contributed by atoms with van der Waals surface area (Å²) in [4.78, 5) is 2.67. The van der Waals surface area contributed by atoms with Crippen molar-refractivity contribution < 1.29 is 0 Å². The normalized spacial score (nSPS) is 25.9. The monoisotopic (exact) mass is 196 g/mol. The van der Waals surface area contributed by atoms with Gasteiger partial charge in [0, 0.05) is 18.6 Å². The topological polar surface area (TPSA) is 29.3 Å². The zero-order chi connectivity index (χ0) is 10.0. The molecule has 0 aliphatic heterocycles. The van der Waals surface area contributed by atoms with Crippen LogP contribution in [0.4, 0.5) is 0 Å². The van der Waals surface area contributed by atoms with Crippen LogP contribution in [0.15, 0.2) is 0 Å². The van der Waals surface area contributed by atoms with E-state index >= 15 is 0 Å². The molecule has 0 aromatic heterocycles. The first-order valence-electron chi connectivity index (χ1n) is 6.26. The smallest absolute Gasteiger partial charge is 0.0331 e. The molecule has 0 saturated heterocycles. The Balaban J connectivity index is 1.89. The third-order valence-electron chi connectivity index (χ3n) is 4.42. The van der Waals surface area contributed by atoms with Crippen LogP contribution < -0.4 is 5.73 Å². The van der Waals surface area contributed by atoms with Gasteiger partial charge in [0.2, 0.25) is 0 Å². The van der Waals surface area contributed by atoms with Crippen LogP contribution in [0, 0.1) is 5.92 Å². The highest BCUT2D eigenvalue weighted by Crippen LogP contribution is 2.39. The zero-order valence-electron chi connectivity index (χ0n) is 9.47. The fourth-order valence-corrected chi connectivity index (χ4v) is 2.88. The van der Waals surface area contributed by atoms with E-state index in [2.05, 4.69) is 11.8 Å². The number of hydrogen-bond acceptors (Lipinski definition) is 2. The van der Waals surface area contributed by atoms with E-state index in [1.54, 1.807) is 0 Å². The molecule has 0 aromatic carbocycles. The van der Waals surface area contributed by atoms with Crippen molar-refractivity contribution in [2.24, 2.45) is 11.7 Å². The predicted octanol–water partition coefficient (Wildman–Crippen LogP) is 1.99. The maximum Gasteiger partial charge on any atom is 0.0331 e. The molecule has 2 saturated carbocycles. The maximum atomic E-state index is 5.94. The zero-order valence-corrected chi connectivity index (χ0v) is 9.47. The van der Waals surface area contributed by atoms with Crippen molar-refractivity contribution in [2.75, 3.05) is 19.6 Å². The molecule has 0 spiro atoms. The molecule has 2 rings (SSSR count). The summed E-state index contributed by atoms with van der Waals surface area (Å²) in [6, 6.07) is 0. The lowest BCUT2D eigenvalue weighted by molar-refractivity contribution is 0.00553. The van der Waals surface area contributed by atoms with E-state index < -0.39 is 0 Å². The van der Waals surface area contributed by atoms with Gasteiger partial charge in [-0.15, -0.1) is 0 Å². The lowest BCUT2D eigenvalue weighted by Gasteiger charge is -2.51. The summed E-state index contributed by atoms with van der Waals surface area (Å²) in [6.07, 6.45) is 8.43. The molecule has 2 aliphatic carbocycles. The van der Waals surface area contributed by atoms with Gasteiger partial charge in [0.05, 0.1) is 0 Å². The third kappa shape index (κ3) is 1.70. The molecule has 0 radical (unpaired) electrons. The molecule has 0 unspecified atom stereocenters. The number of likely N-dealkylation sites (N-methyl/N-ethyl adjacent to an activating group) is 1. The van der Waals surface area contributed by atoms with E-state index in [9.17, 15) is 0 Å². The Hall–Kier alpha value is -0.0800. The van der Waals surface area contributed by atoms with Crippen LogP contribution in [-0.4, -0.2) is 30.1 Å². The summed E-state index contributed by atoms with van der Waals surface area (Å²) in [5.74, 6) is 0.985. The molecule has 14 heavy (non-hydrogen) atoms. The largest absolute Gasteiger partial charge is 0.329 e. The van der Waals surface area contributed by atoms with Crippen molar-refractivity contribution >= 4 is 0 Å². The summed E-state index contributed by atoms with van der Waals surface area (Å²) >= 11 is 0. The molecule has 82 valence electrons. The van der Waals surface area contributed by atoms with Crippen molar-refractivity contribution in [3.63, 3.8) is 0 Å². The van der Waals surface area contributed by atoms with Gasteiger partial charge in [-0.05, 0) is 44.6 Å². The van der Waals surface area contributed by atoms with Gasteiger partial charge in [-0.1, -0.05) is 13.3 Å². The molecule has 2 heteroatoms. The highest BCUT2D eigenvalue weighted by atomic mass is 15.2. The Morgan fingerprint density at radius 3 is 2.29 bits per heavy atom. The summed E-state index contributed by atoms with van der Waals surface area (Å²) in [5, 5.41) is 0. The third-order valence-corrected chi connectivity index (χ3v) is 4.42. The van der Waals surface area contributed by atoms with E-state index in [4.69, 9.17) is 5.73 Å². The lowest BCUT2D eigenvalue weighted by Crippen LogP contribution is -2.59. The Kier molecular flexibility index (Phi) is 3.13. The van der Waals surface area contributed by atoms with Crippen LogP contribution in [0.5, 0.6) is 0 Å². The minimum absolute atomic E-state index is 0.407. The molecule has 0 amide bonds. The molecule has 2 fully saturated rings. The molecule has 0 bridgehead atoms. The van der Waals surface area contributed by atoms with Gasteiger partial charge < -0.3 is 5.73 Å². The average Bonchev–Trinajstić information content (AvgIpc) is 2.06.